The Labute approximate surface area is 183 Å². The summed E-state index contributed by atoms with van der Waals surface area (Å²) in [6.45, 7) is 7.14. The molecule has 0 spiro atoms. The van der Waals surface area contributed by atoms with Gasteiger partial charge < -0.3 is 29.4 Å². The number of nitrogens with one attached hydrogen (secondary N) is 1. The van der Waals surface area contributed by atoms with Crippen molar-refractivity contribution in [3.05, 3.63) is 29.4 Å². The number of pyridine rings is 1. The van der Waals surface area contributed by atoms with Crippen molar-refractivity contribution < 1.29 is 19.4 Å². The van der Waals surface area contributed by atoms with Crippen LogP contribution in [-0.4, -0.2) is 76.5 Å². The van der Waals surface area contributed by atoms with Crippen LogP contribution in [0.2, 0.25) is 0 Å². The molecule has 9 nitrogen and oxygen atoms in total. The molecule has 5 rings (SSSR count). The summed E-state index contributed by atoms with van der Waals surface area (Å²) >= 11 is 1.46. The summed E-state index contributed by atoms with van der Waals surface area (Å²) in [5.74, 6) is 0. The first-order valence-corrected chi connectivity index (χ1v) is 11.1. The van der Waals surface area contributed by atoms with Crippen LogP contribution in [0.25, 0.3) is 21.7 Å². The van der Waals surface area contributed by atoms with Crippen molar-refractivity contribution in [2.24, 2.45) is 0 Å². The highest BCUT2D eigenvalue weighted by Crippen LogP contribution is 2.35. The summed E-state index contributed by atoms with van der Waals surface area (Å²) in [5.41, 5.74) is 1.82. The van der Waals surface area contributed by atoms with Gasteiger partial charge in [-0.25, -0.2) is 14.8 Å². The van der Waals surface area contributed by atoms with Crippen molar-refractivity contribution in [1.82, 2.24) is 19.9 Å². The maximum absolute atomic E-state index is 12.3. The number of nitrogens with zero attached hydrogens (tertiary/aromatic N) is 4. The molecule has 0 atom stereocenters. The second kappa shape index (κ2) is 7.77. The van der Waals surface area contributed by atoms with Crippen LogP contribution in [0.3, 0.4) is 0 Å². The number of carbonyl (C=O) groups is 1. The molecule has 10 heteroatoms. The van der Waals surface area contributed by atoms with Gasteiger partial charge in [0.1, 0.15) is 10.7 Å². The zero-order valence-corrected chi connectivity index (χ0v) is 18.3. The average Bonchev–Trinajstić information content (AvgIpc) is 3.37. The van der Waals surface area contributed by atoms with Gasteiger partial charge in [-0.1, -0.05) is 0 Å². The smallest absolute Gasteiger partial charge is 0.410 e. The highest BCUT2D eigenvalue weighted by Gasteiger charge is 2.29. The molecule has 2 saturated heterocycles. The van der Waals surface area contributed by atoms with Crippen molar-refractivity contribution in [3.63, 3.8) is 0 Å². The SMILES string of the molecule is CC(C)(O)c1cnc(-c2cc3c(N4CCN(C(=O)OC5COC5)CC4)ccnc3[nH]2)s1. The Hall–Kier alpha value is -2.69. The van der Waals surface area contributed by atoms with Crippen molar-refractivity contribution in [1.29, 1.82) is 0 Å². The fourth-order valence-corrected chi connectivity index (χ4v) is 4.60. The molecule has 31 heavy (non-hydrogen) atoms. The van der Waals surface area contributed by atoms with Crippen molar-refractivity contribution in [3.8, 4) is 10.7 Å². The molecule has 2 fully saturated rings. The number of aromatic amines is 1. The lowest BCUT2D eigenvalue weighted by Crippen LogP contribution is -2.51. The molecule has 2 aliphatic heterocycles. The van der Waals surface area contributed by atoms with Gasteiger partial charge in [0.05, 0.1) is 29.4 Å². The third kappa shape index (κ3) is 3.98. The predicted molar refractivity (Wildman–Crippen MR) is 117 cm³/mol. The van der Waals surface area contributed by atoms with Gasteiger partial charge in [0, 0.05) is 49.6 Å². The zero-order valence-electron chi connectivity index (χ0n) is 17.5. The van der Waals surface area contributed by atoms with Crippen molar-refractivity contribution in [2.75, 3.05) is 44.3 Å². The monoisotopic (exact) mass is 443 g/mol. The standard InChI is InChI=1S/C21H25N5O4S/c1-21(2,28)17-10-23-19(31-17)15-9-14-16(3-4-22-18(14)24-15)25-5-7-26(8-6-25)20(27)30-13-11-29-12-13/h3-4,9-10,13,28H,5-8,11-12H2,1-2H3,(H,22,24). The quantitative estimate of drug-likeness (QED) is 0.639. The Morgan fingerprint density at radius 1 is 1.29 bits per heavy atom. The van der Waals surface area contributed by atoms with Gasteiger partial charge in [-0.2, -0.15) is 0 Å². The van der Waals surface area contributed by atoms with Gasteiger partial charge in [-0.3, -0.25) is 0 Å². The van der Waals surface area contributed by atoms with Crippen LogP contribution < -0.4 is 4.90 Å². The Morgan fingerprint density at radius 2 is 2.06 bits per heavy atom. The number of hydrogen-bond acceptors (Lipinski definition) is 8. The Morgan fingerprint density at radius 3 is 2.71 bits per heavy atom. The van der Waals surface area contributed by atoms with E-state index in [1.54, 1.807) is 31.1 Å². The van der Waals surface area contributed by atoms with E-state index in [4.69, 9.17) is 9.47 Å². The van der Waals surface area contributed by atoms with E-state index in [0.717, 1.165) is 45.4 Å². The minimum absolute atomic E-state index is 0.105. The number of thiazole rings is 1. The lowest BCUT2D eigenvalue weighted by atomic mass is 10.1. The molecule has 0 saturated carbocycles. The minimum Gasteiger partial charge on any atom is -0.441 e. The van der Waals surface area contributed by atoms with Crippen LogP contribution in [0, 0.1) is 0 Å². The number of anilines is 1. The molecule has 5 heterocycles. The normalized spacial score (nSPS) is 17.8. The van der Waals surface area contributed by atoms with Gasteiger partial charge >= 0.3 is 6.09 Å². The lowest BCUT2D eigenvalue weighted by Gasteiger charge is -2.37. The number of carbonyl (C=O) groups excluding carboxylic acids is 1. The number of hydrogen-bond donors (Lipinski definition) is 2. The fourth-order valence-electron chi connectivity index (χ4n) is 3.71. The average molecular weight is 444 g/mol. The maximum Gasteiger partial charge on any atom is 0.410 e. The van der Waals surface area contributed by atoms with E-state index in [0.29, 0.717) is 26.3 Å². The molecule has 0 bridgehead atoms. The third-order valence-corrected chi connectivity index (χ3v) is 6.95. The van der Waals surface area contributed by atoms with Crippen LogP contribution in [0.4, 0.5) is 10.5 Å². The molecular weight excluding hydrogens is 418 g/mol. The molecule has 2 N–H and O–H groups in total. The van der Waals surface area contributed by atoms with E-state index in [1.165, 1.54) is 11.3 Å². The van der Waals surface area contributed by atoms with Gasteiger partial charge in [0.25, 0.3) is 0 Å². The molecule has 3 aromatic rings. The summed E-state index contributed by atoms with van der Waals surface area (Å²) in [6, 6.07) is 4.06. The molecule has 2 aliphatic rings. The lowest BCUT2D eigenvalue weighted by molar-refractivity contribution is -0.104. The first-order valence-electron chi connectivity index (χ1n) is 10.3. The number of rotatable bonds is 4. The summed E-state index contributed by atoms with van der Waals surface area (Å²) < 4.78 is 10.5. The topological polar surface area (TPSA) is 104 Å². The molecule has 3 aromatic heterocycles. The van der Waals surface area contributed by atoms with E-state index in [-0.39, 0.29) is 12.2 Å². The van der Waals surface area contributed by atoms with E-state index in [2.05, 4.69) is 25.9 Å². The predicted octanol–water partition coefficient (Wildman–Crippen LogP) is 2.57. The molecule has 0 aliphatic carbocycles. The number of fused-ring (bicyclic) bond motifs is 1. The second-order valence-electron chi connectivity index (χ2n) is 8.38. The molecule has 1 amide bonds. The Kier molecular flexibility index (Phi) is 5.07. The van der Waals surface area contributed by atoms with Gasteiger partial charge in [-0.05, 0) is 26.0 Å². The first kappa shape index (κ1) is 20.2. The Bertz CT molecular complexity index is 1090. The molecule has 164 valence electrons. The van der Waals surface area contributed by atoms with Crippen LogP contribution in [0.5, 0.6) is 0 Å². The first-order chi connectivity index (χ1) is 14.9. The molecule has 0 unspecified atom stereocenters. The second-order valence-corrected chi connectivity index (χ2v) is 9.41. The number of aromatic nitrogens is 3. The summed E-state index contributed by atoms with van der Waals surface area (Å²) in [4.78, 5) is 29.4. The van der Waals surface area contributed by atoms with Gasteiger partial charge in [0.15, 0.2) is 6.10 Å². The largest absolute Gasteiger partial charge is 0.441 e. The summed E-state index contributed by atoms with van der Waals surface area (Å²) in [7, 11) is 0. The van der Waals surface area contributed by atoms with Gasteiger partial charge in [-0.15, -0.1) is 11.3 Å². The van der Waals surface area contributed by atoms with E-state index in [9.17, 15) is 9.90 Å². The summed E-state index contributed by atoms with van der Waals surface area (Å²) in [5, 5.41) is 12.1. The van der Waals surface area contributed by atoms with E-state index < -0.39 is 5.60 Å². The van der Waals surface area contributed by atoms with Crippen LogP contribution >= 0.6 is 11.3 Å². The number of H-pyrrole nitrogens is 1. The van der Waals surface area contributed by atoms with Crippen LogP contribution in [0.1, 0.15) is 18.7 Å². The number of piperazine rings is 1. The van der Waals surface area contributed by atoms with Crippen LogP contribution in [-0.2, 0) is 15.1 Å². The fraction of sp³-hybridized carbons (Fsp3) is 0.476. The highest BCUT2D eigenvalue weighted by atomic mass is 32.1. The number of ether oxygens (including phenoxy) is 2. The maximum atomic E-state index is 12.3. The van der Waals surface area contributed by atoms with E-state index in [1.807, 2.05) is 6.07 Å². The number of amides is 1. The van der Waals surface area contributed by atoms with E-state index >= 15 is 0 Å². The van der Waals surface area contributed by atoms with Gasteiger partial charge in [0.2, 0.25) is 0 Å². The Balaban J connectivity index is 1.33. The molecular formula is C21H25N5O4S. The molecule has 0 aromatic carbocycles. The van der Waals surface area contributed by atoms with Crippen molar-refractivity contribution >= 4 is 34.2 Å². The highest BCUT2D eigenvalue weighted by molar-refractivity contribution is 7.15. The molecule has 0 radical (unpaired) electrons. The zero-order chi connectivity index (χ0) is 21.6. The van der Waals surface area contributed by atoms with Crippen molar-refractivity contribution in [2.45, 2.75) is 25.6 Å². The number of aliphatic hydroxyl groups is 1. The van der Waals surface area contributed by atoms with Crippen LogP contribution in [0.15, 0.2) is 24.5 Å². The minimum atomic E-state index is -0.919. The summed E-state index contributed by atoms with van der Waals surface area (Å²) in [6.07, 6.45) is 3.14. The third-order valence-electron chi connectivity index (χ3n) is 5.60.